The predicted octanol–water partition coefficient (Wildman–Crippen LogP) is 1.70. The Morgan fingerprint density at radius 1 is 1.33 bits per heavy atom. The maximum absolute atomic E-state index is 10.6. The van der Waals surface area contributed by atoms with Gasteiger partial charge in [0.1, 0.15) is 4.99 Å². The maximum atomic E-state index is 10.6. The van der Waals surface area contributed by atoms with Gasteiger partial charge in [-0.2, -0.15) is 0 Å². The molecule has 0 aliphatic carbocycles. The second kappa shape index (κ2) is 6.96. The van der Waals surface area contributed by atoms with Gasteiger partial charge in [-0.05, 0) is 43.5 Å². The van der Waals surface area contributed by atoms with Crippen molar-refractivity contribution < 1.29 is 4.79 Å². The molecule has 0 aliphatic rings. The van der Waals surface area contributed by atoms with E-state index in [9.17, 15) is 4.79 Å². The fourth-order valence-electron chi connectivity index (χ4n) is 1.71. The van der Waals surface area contributed by atoms with Crippen molar-refractivity contribution in [1.82, 2.24) is 0 Å². The van der Waals surface area contributed by atoms with E-state index in [4.69, 9.17) is 23.7 Å². The minimum atomic E-state index is -0.244. The molecule has 1 aromatic carbocycles. The smallest absolute Gasteiger partial charge is 0.217 e. The highest BCUT2D eigenvalue weighted by molar-refractivity contribution is 7.80. The molecule has 1 rings (SSSR count). The van der Waals surface area contributed by atoms with Crippen LogP contribution in [0.4, 0.5) is 5.69 Å². The van der Waals surface area contributed by atoms with Gasteiger partial charge in [0.15, 0.2) is 0 Å². The van der Waals surface area contributed by atoms with E-state index in [1.54, 1.807) is 0 Å². The van der Waals surface area contributed by atoms with E-state index in [-0.39, 0.29) is 5.91 Å². The van der Waals surface area contributed by atoms with Crippen molar-refractivity contribution in [1.29, 1.82) is 0 Å². The molecule has 0 aliphatic heterocycles. The summed E-state index contributed by atoms with van der Waals surface area (Å²) in [6, 6.07) is 5.89. The molecule has 0 saturated heterocycles. The van der Waals surface area contributed by atoms with Crippen molar-refractivity contribution in [3.8, 4) is 0 Å². The summed E-state index contributed by atoms with van der Waals surface area (Å²) in [5, 5.41) is 3.29. The van der Waals surface area contributed by atoms with Crippen molar-refractivity contribution in [2.45, 2.75) is 26.2 Å². The third kappa shape index (κ3) is 4.71. The Kier molecular flexibility index (Phi) is 5.58. The number of nitrogens with two attached hydrogens (primary N) is 2. The molecule has 0 atom stereocenters. The van der Waals surface area contributed by atoms with E-state index >= 15 is 0 Å². The lowest BCUT2D eigenvalue weighted by Crippen LogP contribution is -2.12. The second-order valence-corrected chi connectivity index (χ2v) is 4.68. The molecule has 0 unspecified atom stereocenters. The number of hydrogen-bond donors (Lipinski definition) is 3. The number of carbonyl (C=O) groups is 1. The minimum absolute atomic E-state index is 0.244. The van der Waals surface area contributed by atoms with Gasteiger partial charge in [-0.1, -0.05) is 12.2 Å². The van der Waals surface area contributed by atoms with Crippen molar-refractivity contribution in [3.63, 3.8) is 0 Å². The summed E-state index contributed by atoms with van der Waals surface area (Å²) in [5.41, 5.74) is 13.7. The van der Waals surface area contributed by atoms with Gasteiger partial charge in [-0.3, -0.25) is 4.79 Å². The number of primary amides is 1. The normalized spacial score (nSPS) is 10.1. The van der Waals surface area contributed by atoms with E-state index in [0.29, 0.717) is 11.4 Å². The van der Waals surface area contributed by atoms with Gasteiger partial charge in [0.2, 0.25) is 5.91 Å². The van der Waals surface area contributed by atoms with Crippen LogP contribution in [0.25, 0.3) is 0 Å². The zero-order valence-electron chi connectivity index (χ0n) is 10.5. The summed E-state index contributed by atoms with van der Waals surface area (Å²) < 4.78 is 0. The predicted molar refractivity (Wildman–Crippen MR) is 78.6 cm³/mol. The fraction of sp³-hybridized carbons (Fsp3) is 0.385. The minimum Gasteiger partial charge on any atom is -0.389 e. The Balaban J connectivity index is 2.42. The summed E-state index contributed by atoms with van der Waals surface area (Å²) in [7, 11) is 0. The molecule has 0 saturated carbocycles. The number of benzene rings is 1. The monoisotopic (exact) mass is 265 g/mol. The quantitative estimate of drug-likeness (QED) is 0.518. The molecule has 4 nitrogen and oxygen atoms in total. The molecular formula is C13H19N3OS. The zero-order chi connectivity index (χ0) is 13.5. The van der Waals surface area contributed by atoms with Crippen LogP contribution in [0.2, 0.25) is 0 Å². The molecular weight excluding hydrogens is 246 g/mol. The van der Waals surface area contributed by atoms with Crippen LogP contribution in [0.15, 0.2) is 18.2 Å². The first-order chi connectivity index (χ1) is 8.50. The van der Waals surface area contributed by atoms with Gasteiger partial charge in [0.05, 0.1) is 0 Å². The third-order valence-electron chi connectivity index (χ3n) is 2.67. The number of aryl methyl sites for hydroxylation is 1. The first-order valence-corrected chi connectivity index (χ1v) is 6.34. The first kappa shape index (κ1) is 14.4. The van der Waals surface area contributed by atoms with Crippen LogP contribution < -0.4 is 16.8 Å². The second-order valence-electron chi connectivity index (χ2n) is 4.24. The Morgan fingerprint density at radius 3 is 2.61 bits per heavy atom. The zero-order valence-corrected chi connectivity index (χ0v) is 11.3. The van der Waals surface area contributed by atoms with Gasteiger partial charge >= 0.3 is 0 Å². The fourth-order valence-corrected chi connectivity index (χ4v) is 1.94. The van der Waals surface area contributed by atoms with E-state index in [2.05, 4.69) is 5.32 Å². The Labute approximate surface area is 113 Å². The molecule has 0 aromatic heterocycles. The lowest BCUT2D eigenvalue weighted by atomic mass is 10.1. The van der Waals surface area contributed by atoms with E-state index < -0.39 is 0 Å². The number of amides is 1. The molecule has 0 radical (unpaired) electrons. The van der Waals surface area contributed by atoms with Gasteiger partial charge in [-0.25, -0.2) is 0 Å². The highest BCUT2D eigenvalue weighted by atomic mass is 32.1. The number of nitrogens with one attached hydrogen (secondary N) is 1. The lowest BCUT2D eigenvalue weighted by Gasteiger charge is -2.09. The molecule has 0 heterocycles. The summed E-state index contributed by atoms with van der Waals surface area (Å²) in [4.78, 5) is 11.0. The number of carbonyl (C=O) groups excluding carboxylic acids is 1. The standard InChI is InChI=1S/C13H19N3OS/c1-9-8-10(5-6-11(9)13(15)18)16-7-3-2-4-12(14)17/h5-6,8,16H,2-4,7H2,1H3,(H2,14,17)(H2,15,18). The van der Waals surface area contributed by atoms with Crippen LogP contribution >= 0.6 is 12.2 Å². The largest absolute Gasteiger partial charge is 0.389 e. The first-order valence-electron chi connectivity index (χ1n) is 5.93. The molecule has 18 heavy (non-hydrogen) atoms. The van der Waals surface area contributed by atoms with E-state index in [0.717, 1.165) is 36.2 Å². The van der Waals surface area contributed by atoms with Crippen LogP contribution in [-0.2, 0) is 4.79 Å². The number of hydrogen-bond acceptors (Lipinski definition) is 3. The van der Waals surface area contributed by atoms with Crippen LogP contribution in [0.3, 0.4) is 0 Å². The number of thiocarbonyl (C=S) groups is 1. The number of unbranched alkanes of at least 4 members (excludes halogenated alkanes) is 1. The summed E-state index contributed by atoms with van der Waals surface area (Å²) in [5.74, 6) is -0.244. The van der Waals surface area contributed by atoms with Crippen molar-refractivity contribution in [2.75, 3.05) is 11.9 Å². The van der Waals surface area contributed by atoms with Crippen LogP contribution in [0.1, 0.15) is 30.4 Å². The summed E-state index contributed by atoms with van der Waals surface area (Å²) in [6.45, 7) is 2.80. The maximum Gasteiger partial charge on any atom is 0.217 e. The molecule has 0 spiro atoms. The average molecular weight is 265 g/mol. The topological polar surface area (TPSA) is 81.1 Å². The third-order valence-corrected chi connectivity index (χ3v) is 2.89. The summed E-state index contributed by atoms with van der Waals surface area (Å²) >= 11 is 4.95. The molecule has 1 amide bonds. The Hall–Kier alpha value is -1.62. The van der Waals surface area contributed by atoms with Crippen LogP contribution in [-0.4, -0.2) is 17.4 Å². The van der Waals surface area contributed by atoms with Crippen molar-refractivity contribution >= 4 is 28.8 Å². The molecule has 98 valence electrons. The highest BCUT2D eigenvalue weighted by Crippen LogP contribution is 2.15. The van der Waals surface area contributed by atoms with Gasteiger partial charge in [0, 0.05) is 24.2 Å². The Morgan fingerprint density at radius 2 is 2.06 bits per heavy atom. The molecule has 0 fully saturated rings. The van der Waals surface area contributed by atoms with Gasteiger partial charge in [-0.15, -0.1) is 0 Å². The van der Waals surface area contributed by atoms with Gasteiger partial charge in [0.25, 0.3) is 0 Å². The molecule has 0 bridgehead atoms. The van der Waals surface area contributed by atoms with Gasteiger partial charge < -0.3 is 16.8 Å². The lowest BCUT2D eigenvalue weighted by molar-refractivity contribution is -0.118. The Bertz CT molecular complexity index is 446. The van der Waals surface area contributed by atoms with Crippen molar-refractivity contribution in [3.05, 3.63) is 29.3 Å². The van der Waals surface area contributed by atoms with Crippen molar-refractivity contribution in [2.24, 2.45) is 11.5 Å². The van der Waals surface area contributed by atoms with Crippen LogP contribution in [0.5, 0.6) is 0 Å². The summed E-state index contributed by atoms with van der Waals surface area (Å²) in [6.07, 6.45) is 2.17. The average Bonchev–Trinajstić information content (AvgIpc) is 2.27. The SMILES string of the molecule is Cc1cc(NCCCCC(N)=O)ccc1C(N)=S. The molecule has 5 heteroatoms. The molecule has 5 N–H and O–H groups in total. The highest BCUT2D eigenvalue weighted by Gasteiger charge is 2.02. The van der Waals surface area contributed by atoms with Crippen LogP contribution in [0, 0.1) is 6.92 Å². The molecule has 1 aromatic rings. The van der Waals surface area contributed by atoms with E-state index in [1.807, 2.05) is 25.1 Å². The number of anilines is 1. The number of rotatable bonds is 7. The van der Waals surface area contributed by atoms with E-state index in [1.165, 1.54) is 0 Å².